The lowest BCUT2D eigenvalue weighted by atomic mass is 10.4. The molecule has 0 unspecified atom stereocenters. The first-order chi connectivity index (χ1) is 5.68. The van der Waals surface area contributed by atoms with E-state index in [1.54, 1.807) is 6.20 Å². The van der Waals surface area contributed by atoms with Crippen LogP contribution < -0.4 is 0 Å². The highest BCUT2D eigenvalue weighted by Crippen LogP contribution is 2.17. The fourth-order valence-electron chi connectivity index (χ4n) is 0.911. The van der Waals surface area contributed by atoms with Gasteiger partial charge in [-0.3, -0.25) is 4.40 Å². The summed E-state index contributed by atoms with van der Waals surface area (Å²) in [5.74, 6) is -0.419. The predicted molar refractivity (Wildman–Crippen MR) is 47.9 cm³/mol. The van der Waals surface area contributed by atoms with Crippen LogP contribution in [0, 0.1) is 5.82 Å². The Morgan fingerprint density at radius 1 is 1.50 bits per heavy atom. The van der Waals surface area contributed by atoms with Crippen molar-refractivity contribution in [3.05, 3.63) is 22.6 Å². The summed E-state index contributed by atoms with van der Waals surface area (Å²) in [6, 6.07) is 1.33. The highest BCUT2D eigenvalue weighted by Gasteiger charge is 2.07. The quantitative estimate of drug-likeness (QED) is 0.722. The van der Waals surface area contributed by atoms with Gasteiger partial charge in [0.1, 0.15) is 0 Å². The highest BCUT2D eigenvalue weighted by molar-refractivity contribution is 9.10. The van der Waals surface area contributed by atoms with Crippen LogP contribution >= 0.6 is 28.6 Å². The molecule has 3 nitrogen and oxygen atoms in total. The average Bonchev–Trinajstić information content (AvgIpc) is 2.33. The maximum Gasteiger partial charge on any atom is 0.197 e. The van der Waals surface area contributed by atoms with Gasteiger partial charge in [0.15, 0.2) is 16.6 Å². The molecule has 2 aromatic rings. The van der Waals surface area contributed by atoms with Gasteiger partial charge in [-0.25, -0.2) is 4.39 Å². The number of fused-ring (bicyclic) bond motifs is 1. The van der Waals surface area contributed by atoms with Crippen LogP contribution in [0.15, 0.2) is 21.9 Å². The zero-order valence-electron chi connectivity index (χ0n) is 5.70. The minimum Gasteiger partial charge on any atom is -0.274 e. The summed E-state index contributed by atoms with van der Waals surface area (Å²) in [5.41, 5.74) is 0.184. The van der Waals surface area contributed by atoms with Crippen molar-refractivity contribution in [1.29, 1.82) is 0 Å². The molecule has 0 N–H and O–H groups in total. The minimum absolute atomic E-state index is 0.184. The molecule has 0 bridgehead atoms. The number of pyridine rings is 1. The molecule has 0 spiro atoms. The number of rotatable bonds is 0. The summed E-state index contributed by atoms with van der Waals surface area (Å²) < 4.78 is 15.2. The first-order valence-electron chi connectivity index (χ1n) is 3.07. The number of aromatic nitrogens is 3. The standard InChI is InChI=1S/C6H3BrFN3S/c7-3-1-4(8)5-9-10-6(12)11(5)2-3/h1-2H,(H,10,12). The van der Waals surface area contributed by atoms with Crippen LogP contribution in [0.4, 0.5) is 4.39 Å². The van der Waals surface area contributed by atoms with Crippen LogP contribution in [-0.4, -0.2) is 14.6 Å². The van der Waals surface area contributed by atoms with Gasteiger partial charge in [0.25, 0.3) is 0 Å². The molecule has 0 aliphatic heterocycles. The molecule has 0 fully saturated rings. The van der Waals surface area contributed by atoms with Crippen molar-refractivity contribution < 1.29 is 4.39 Å². The molecule has 2 aromatic heterocycles. The van der Waals surface area contributed by atoms with E-state index in [1.165, 1.54) is 10.5 Å². The van der Waals surface area contributed by atoms with E-state index in [-0.39, 0.29) is 5.65 Å². The second kappa shape index (κ2) is 2.70. The topological polar surface area (TPSA) is 30.2 Å². The van der Waals surface area contributed by atoms with E-state index >= 15 is 0 Å². The summed E-state index contributed by atoms with van der Waals surface area (Å²) in [6.07, 6.45) is 1.65. The van der Waals surface area contributed by atoms with Crippen LogP contribution in [-0.2, 0) is 0 Å². The van der Waals surface area contributed by atoms with E-state index < -0.39 is 5.82 Å². The summed E-state index contributed by atoms with van der Waals surface area (Å²) in [7, 11) is 0. The van der Waals surface area contributed by atoms with Crippen LogP contribution in [0.5, 0.6) is 0 Å². The maximum atomic E-state index is 13.1. The van der Waals surface area contributed by atoms with Crippen molar-refractivity contribution in [3.8, 4) is 0 Å². The Balaban J connectivity index is 2.92. The molecule has 0 aliphatic carbocycles. The van der Waals surface area contributed by atoms with Gasteiger partial charge in [0, 0.05) is 10.7 Å². The number of hydrogen-bond acceptors (Lipinski definition) is 3. The molecule has 62 valence electrons. The first-order valence-corrected chi connectivity index (χ1v) is 4.31. The number of nitrogens with zero attached hydrogens (tertiary/aromatic N) is 3. The van der Waals surface area contributed by atoms with Crippen molar-refractivity contribution in [2.75, 3.05) is 0 Å². The summed E-state index contributed by atoms with van der Waals surface area (Å²) in [4.78, 5) is 0. The van der Waals surface area contributed by atoms with Gasteiger partial charge in [-0.1, -0.05) is 0 Å². The van der Waals surface area contributed by atoms with Crippen molar-refractivity contribution in [2.24, 2.45) is 0 Å². The molecule has 2 heterocycles. The molecule has 2 rings (SSSR count). The Hall–Kier alpha value is -0.620. The fraction of sp³-hybridized carbons (Fsp3) is 0. The Morgan fingerprint density at radius 2 is 2.25 bits per heavy atom. The van der Waals surface area contributed by atoms with Crippen LogP contribution in [0.25, 0.3) is 5.65 Å². The molecule has 6 heteroatoms. The van der Waals surface area contributed by atoms with E-state index in [9.17, 15) is 4.39 Å². The third kappa shape index (κ3) is 1.11. The van der Waals surface area contributed by atoms with Gasteiger partial charge in [-0.2, -0.15) is 0 Å². The molecular formula is C6H3BrFN3S. The number of thiol groups is 1. The van der Waals surface area contributed by atoms with Crippen molar-refractivity contribution in [2.45, 2.75) is 5.16 Å². The smallest absolute Gasteiger partial charge is 0.197 e. The second-order valence-electron chi connectivity index (χ2n) is 2.20. The molecule has 0 radical (unpaired) electrons. The zero-order chi connectivity index (χ0) is 8.72. The predicted octanol–water partition coefficient (Wildman–Crippen LogP) is 1.92. The summed E-state index contributed by atoms with van der Waals surface area (Å²) in [5, 5.41) is 7.58. The number of halogens is 2. The molecule has 0 aromatic carbocycles. The van der Waals surface area contributed by atoms with Crippen molar-refractivity contribution in [1.82, 2.24) is 14.6 Å². The molecular weight excluding hydrogens is 245 g/mol. The molecule has 12 heavy (non-hydrogen) atoms. The normalized spacial score (nSPS) is 10.9. The minimum atomic E-state index is -0.419. The third-order valence-electron chi connectivity index (χ3n) is 1.41. The van der Waals surface area contributed by atoms with Gasteiger partial charge in [0.05, 0.1) is 0 Å². The SMILES string of the molecule is Fc1cc(Br)cn2c(S)nnc12. The molecule has 0 amide bonds. The highest BCUT2D eigenvalue weighted by atomic mass is 79.9. The van der Waals surface area contributed by atoms with Crippen molar-refractivity contribution >= 4 is 34.2 Å². The van der Waals surface area contributed by atoms with E-state index in [2.05, 4.69) is 38.8 Å². The average molecular weight is 248 g/mol. The largest absolute Gasteiger partial charge is 0.274 e. The lowest BCUT2D eigenvalue weighted by molar-refractivity contribution is 0.627. The van der Waals surface area contributed by atoms with Gasteiger partial charge in [-0.15, -0.1) is 22.8 Å². The Morgan fingerprint density at radius 3 is 3.00 bits per heavy atom. The Kier molecular flexibility index (Phi) is 1.80. The van der Waals surface area contributed by atoms with E-state index in [0.29, 0.717) is 9.63 Å². The Bertz CT molecular complexity index is 442. The lowest BCUT2D eigenvalue weighted by Crippen LogP contribution is -1.88. The van der Waals surface area contributed by atoms with Gasteiger partial charge >= 0.3 is 0 Å². The first kappa shape index (κ1) is 8.00. The molecule has 0 aliphatic rings. The van der Waals surface area contributed by atoms with Gasteiger partial charge < -0.3 is 0 Å². The van der Waals surface area contributed by atoms with Crippen LogP contribution in [0.2, 0.25) is 0 Å². The summed E-state index contributed by atoms with van der Waals surface area (Å²) in [6.45, 7) is 0. The monoisotopic (exact) mass is 247 g/mol. The van der Waals surface area contributed by atoms with Gasteiger partial charge in [-0.05, 0) is 22.0 Å². The maximum absolute atomic E-state index is 13.1. The fourth-order valence-corrected chi connectivity index (χ4v) is 1.51. The van der Waals surface area contributed by atoms with Crippen molar-refractivity contribution in [3.63, 3.8) is 0 Å². The zero-order valence-corrected chi connectivity index (χ0v) is 8.18. The third-order valence-corrected chi connectivity index (χ3v) is 2.15. The number of hydrogen-bond donors (Lipinski definition) is 1. The molecule has 0 saturated heterocycles. The van der Waals surface area contributed by atoms with Crippen LogP contribution in [0.3, 0.4) is 0 Å². The lowest BCUT2D eigenvalue weighted by Gasteiger charge is -1.95. The second-order valence-corrected chi connectivity index (χ2v) is 3.52. The van der Waals surface area contributed by atoms with Gasteiger partial charge in [0.2, 0.25) is 0 Å². The molecule has 0 saturated carbocycles. The summed E-state index contributed by atoms with van der Waals surface area (Å²) >= 11 is 7.15. The van der Waals surface area contributed by atoms with E-state index in [0.717, 1.165) is 0 Å². The Labute approximate surface area is 81.1 Å². The molecule has 0 atom stereocenters. The van der Waals surface area contributed by atoms with E-state index in [4.69, 9.17) is 0 Å². The van der Waals surface area contributed by atoms with Crippen LogP contribution in [0.1, 0.15) is 0 Å². The van der Waals surface area contributed by atoms with E-state index in [1.807, 2.05) is 0 Å².